The van der Waals surface area contributed by atoms with Crippen molar-refractivity contribution >= 4 is 29.7 Å². The minimum atomic E-state index is -4.40. The summed E-state index contributed by atoms with van der Waals surface area (Å²) < 4.78 is 42.9. The Balaban J connectivity index is 1.91. The van der Waals surface area contributed by atoms with E-state index in [0.717, 1.165) is 12.1 Å². The molecule has 0 unspecified atom stereocenters. The van der Waals surface area contributed by atoms with E-state index in [0.29, 0.717) is 16.2 Å². The molecule has 2 heterocycles. The number of aromatic nitrogens is 1. The Bertz CT molecular complexity index is 874. The number of benzene rings is 1. The average molecular weight is 364 g/mol. The first kappa shape index (κ1) is 17.2. The Labute approximate surface area is 145 Å². The summed E-state index contributed by atoms with van der Waals surface area (Å²) in [4.78, 5) is 20.3. The number of aliphatic imine (C=N–C) groups is 1. The van der Waals surface area contributed by atoms with E-state index in [1.807, 2.05) is 6.26 Å². The van der Waals surface area contributed by atoms with Crippen molar-refractivity contribution in [2.75, 3.05) is 6.26 Å². The van der Waals surface area contributed by atoms with Gasteiger partial charge in [0.2, 0.25) is 5.90 Å². The van der Waals surface area contributed by atoms with Crippen LogP contribution < -0.4 is 0 Å². The van der Waals surface area contributed by atoms with Crippen LogP contribution in [0.3, 0.4) is 0 Å². The number of ether oxygens (including phenoxy) is 1. The van der Waals surface area contributed by atoms with Crippen molar-refractivity contribution in [3.8, 4) is 0 Å². The van der Waals surface area contributed by atoms with Crippen molar-refractivity contribution in [2.45, 2.75) is 11.2 Å². The van der Waals surface area contributed by atoms with Crippen LogP contribution in [0.25, 0.3) is 6.08 Å². The first-order valence-electron chi connectivity index (χ1n) is 7.07. The van der Waals surface area contributed by atoms with Crippen LogP contribution in [0.2, 0.25) is 0 Å². The predicted octanol–water partition coefficient (Wildman–Crippen LogP) is 4.17. The predicted molar refractivity (Wildman–Crippen MR) is 88.1 cm³/mol. The molecule has 3 rings (SSSR count). The lowest BCUT2D eigenvalue weighted by molar-refractivity contribution is -0.137. The van der Waals surface area contributed by atoms with Crippen LogP contribution in [-0.2, 0) is 15.7 Å². The number of hydrogen-bond donors (Lipinski definition) is 0. The van der Waals surface area contributed by atoms with E-state index in [-0.39, 0.29) is 11.6 Å². The third-order valence-electron chi connectivity index (χ3n) is 3.36. The second-order valence-electron chi connectivity index (χ2n) is 5.02. The van der Waals surface area contributed by atoms with Crippen molar-refractivity contribution in [1.82, 2.24) is 4.98 Å². The maximum atomic E-state index is 12.6. The number of rotatable bonds is 3. The van der Waals surface area contributed by atoms with Crippen molar-refractivity contribution in [3.05, 3.63) is 65.0 Å². The molecule has 2 aromatic rings. The molecule has 0 aliphatic carbocycles. The first-order valence-corrected chi connectivity index (χ1v) is 8.30. The molecule has 0 bridgehead atoms. The number of carbonyl (C=O) groups excluding carboxylic acids is 1. The van der Waals surface area contributed by atoms with E-state index < -0.39 is 17.7 Å². The second kappa shape index (κ2) is 6.72. The summed E-state index contributed by atoms with van der Waals surface area (Å²) in [6.07, 6.45) is 0.427. The van der Waals surface area contributed by atoms with Gasteiger partial charge in [0.1, 0.15) is 5.03 Å². The summed E-state index contributed by atoms with van der Waals surface area (Å²) in [5.74, 6) is -0.536. The SMILES string of the molecule is CSc1ncccc1C1=N/C(=C\c2ccc(C(F)(F)F)cc2)C(=O)O1. The molecule has 8 heteroatoms. The average Bonchev–Trinajstić information content (AvgIpc) is 2.95. The van der Waals surface area contributed by atoms with E-state index in [1.54, 1.807) is 18.3 Å². The summed E-state index contributed by atoms with van der Waals surface area (Å²) in [7, 11) is 0. The Morgan fingerprint density at radius 3 is 2.52 bits per heavy atom. The molecule has 0 spiro atoms. The van der Waals surface area contributed by atoms with Gasteiger partial charge in [-0.2, -0.15) is 13.2 Å². The van der Waals surface area contributed by atoms with E-state index in [1.165, 1.54) is 30.0 Å². The number of thioether (sulfide) groups is 1. The summed E-state index contributed by atoms with van der Waals surface area (Å²) in [5.41, 5.74) is 0.263. The fourth-order valence-corrected chi connectivity index (χ4v) is 2.71. The Kier molecular flexibility index (Phi) is 4.63. The number of pyridine rings is 1. The standard InChI is InChI=1S/C17H11F3N2O2S/c1-25-15-12(3-2-8-21-15)14-22-13(16(23)24-14)9-10-4-6-11(7-5-10)17(18,19)20/h2-9H,1H3/b13-9-. The van der Waals surface area contributed by atoms with Crippen LogP contribution >= 0.6 is 11.8 Å². The summed E-state index contributed by atoms with van der Waals surface area (Å²) >= 11 is 1.38. The highest BCUT2D eigenvalue weighted by Crippen LogP contribution is 2.30. The van der Waals surface area contributed by atoms with Gasteiger partial charge in [0, 0.05) is 6.20 Å². The van der Waals surface area contributed by atoms with E-state index >= 15 is 0 Å². The molecule has 0 fully saturated rings. The van der Waals surface area contributed by atoms with Crippen LogP contribution in [0.15, 0.2) is 58.3 Å². The number of alkyl halides is 3. The molecule has 1 aromatic carbocycles. The topological polar surface area (TPSA) is 51.5 Å². The Morgan fingerprint density at radius 1 is 1.16 bits per heavy atom. The number of carbonyl (C=O) groups is 1. The Morgan fingerprint density at radius 2 is 1.88 bits per heavy atom. The van der Waals surface area contributed by atoms with E-state index in [2.05, 4.69) is 9.98 Å². The minimum absolute atomic E-state index is 0.0191. The largest absolute Gasteiger partial charge is 0.416 e. The fraction of sp³-hybridized carbons (Fsp3) is 0.118. The molecule has 0 radical (unpaired) electrons. The zero-order chi connectivity index (χ0) is 18.0. The maximum absolute atomic E-state index is 12.6. The highest BCUT2D eigenvalue weighted by molar-refractivity contribution is 7.98. The summed E-state index contributed by atoms with van der Waals surface area (Å²) in [6, 6.07) is 7.87. The molecule has 1 aliphatic rings. The number of halogens is 3. The molecule has 0 saturated carbocycles. The molecular weight excluding hydrogens is 353 g/mol. The van der Waals surface area contributed by atoms with Crippen molar-refractivity contribution in [1.29, 1.82) is 0 Å². The first-order chi connectivity index (χ1) is 11.9. The summed E-state index contributed by atoms with van der Waals surface area (Å²) in [6.45, 7) is 0. The monoisotopic (exact) mass is 364 g/mol. The quantitative estimate of drug-likeness (QED) is 0.466. The molecule has 0 atom stereocenters. The number of esters is 1. The van der Waals surface area contributed by atoms with Crippen LogP contribution in [-0.4, -0.2) is 23.1 Å². The molecule has 1 aliphatic heterocycles. The van der Waals surface area contributed by atoms with Crippen LogP contribution in [0.5, 0.6) is 0 Å². The van der Waals surface area contributed by atoms with Crippen molar-refractivity contribution in [3.63, 3.8) is 0 Å². The van der Waals surface area contributed by atoms with Crippen LogP contribution in [0, 0.1) is 0 Å². The van der Waals surface area contributed by atoms with Gasteiger partial charge in [0.15, 0.2) is 5.70 Å². The highest BCUT2D eigenvalue weighted by Gasteiger charge is 2.30. The van der Waals surface area contributed by atoms with E-state index in [4.69, 9.17) is 4.74 Å². The van der Waals surface area contributed by atoms with Gasteiger partial charge in [-0.15, -0.1) is 11.8 Å². The fourth-order valence-electron chi connectivity index (χ4n) is 2.17. The molecule has 25 heavy (non-hydrogen) atoms. The molecule has 0 saturated heterocycles. The summed E-state index contributed by atoms with van der Waals surface area (Å²) in [5, 5.41) is 0.657. The third kappa shape index (κ3) is 3.74. The van der Waals surface area contributed by atoms with Gasteiger partial charge < -0.3 is 4.74 Å². The van der Waals surface area contributed by atoms with Crippen LogP contribution in [0.1, 0.15) is 16.7 Å². The molecule has 0 amide bonds. The number of cyclic esters (lactones) is 1. The minimum Gasteiger partial charge on any atom is -0.402 e. The number of nitrogens with zero attached hydrogens (tertiary/aromatic N) is 2. The maximum Gasteiger partial charge on any atom is 0.416 e. The van der Waals surface area contributed by atoms with Gasteiger partial charge in [0.05, 0.1) is 11.1 Å². The van der Waals surface area contributed by atoms with Crippen molar-refractivity contribution < 1.29 is 22.7 Å². The van der Waals surface area contributed by atoms with Gasteiger partial charge in [-0.25, -0.2) is 14.8 Å². The molecule has 4 nitrogen and oxygen atoms in total. The number of hydrogen-bond acceptors (Lipinski definition) is 5. The third-order valence-corrected chi connectivity index (χ3v) is 4.07. The molecular formula is C17H11F3N2O2S. The molecule has 0 N–H and O–H groups in total. The smallest absolute Gasteiger partial charge is 0.402 e. The zero-order valence-corrected chi connectivity index (χ0v) is 13.7. The lowest BCUT2D eigenvalue weighted by Gasteiger charge is -2.05. The second-order valence-corrected chi connectivity index (χ2v) is 5.81. The lowest BCUT2D eigenvalue weighted by atomic mass is 10.1. The van der Waals surface area contributed by atoms with Crippen LogP contribution in [0.4, 0.5) is 13.2 Å². The van der Waals surface area contributed by atoms with Crippen molar-refractivity contribution in [2.24, 2.45) is 4.99 Å². The molecule has 1 aromatic heterocycles. The van der Waals surface area contributed by atoms with Gasteiger partial charge in [-0.05, 0) is 42.2 Å². The normalized spacial score (nSPS) is 16.1. The van der Waals surface area contributed by atoms with Gasteiger partial charge >= 0.3 is 12.1 Å². The van der Waals surface area contributed by atoms with Gasteiger partial charge in [0.25, 0.3) is 0 Å². The Hall–Kier alpha value is -2.61. The lowest BCUT2D eigenvalue weighted by Crippen LogP contribution is -2.07. The highest BCUT2D eigenvalue weighted by atomic mass is 32.2. The van der Waals surface area contributed by atoms with Gasteiger partial charge in [-0.3, -0.25) is 0 Å². The van der Waals surface area contributed by atoms with Gasteiger partial charge in [-0.1, -0.05) is 12.1 Å². The molecule has 128 valence electrons. The van der Waals surface area contributed by atoms with E-state index in [9.17, 15) is 18.0 Å². The zero-order valence-electron chi connectivity index (χ0n) is 12.9.